The number of piperidine rings is 1. The molecule has 140 valence electrons. The van der Waals surface area contributed by atoms with Crippen molar-refractivity contribution in [3.63, 3.8) is 0 Å². The molecule has 1 atom stereocenters. The first-order valence-electron chi connectivity index (χ1n) is 8.93. The van der Waals surface area contributed by atoms with Crippen molar-refractivity contribution in [2.45, 2.75) is 38.7 Å². The zero-order chi connectivity index (χ0) is 18.6. The van der Waals surface area contributed by atoms with Crippen molar-refractivity contribution in [2.75, 3.05) is 24.5 Å². The summed E-state index contributed by atoms with van der Waals surface area (Å²) in [4.78, 5) is 22.7. The summed E-state index contributed by atoms with van der Waals surface area (Å²) in [6.45, 7) is 5.44. The molecule has 2 aromatic rings. The molecule has 1 amide bonds. The summed E-state index contributed by atoms with van der Waals surface area (Å²) in [6, 6.07) is 3.41. The van der Waals surface area contributed by atoms with E-state index < -0.39 is 5.60 Å². The molecular weight excluding hydrogens is 334 g/mol. The number of hydrogen-bond donors (Lipinski definition) is 2. The van der Waals surface area contributed by atoms with Gasteiger partial charge < -0.3 is 19.8 Å². The van der Waals surface area contributed by atoms with Gasteiger partial charge in [0.25, 0.3) is 5.91 Å². The minimum absolute atomic E-state index is 0.134. The predicted molar refractivity (Wildman–Crippen MR) is 95.8 cm³/mol. The maximum atomic E-state index is 12.3. The van der Waals surface area contributed by atoms with Crippen LogP contribution in [-0.2, 0) is 6.42 Å². The number of β-amino-alcohol motifs (C(OH)–C–C–N with tert-alkyl or cyclic N) is 1. The Bertz CT molecular complexity index is 733. The van der Waals surface area contributed by atoms with Crippen LogP contribution in [-0.4, -0.2) is 51.4 Å². The first-order valence-corrected chi connectivity index (χ1v) is 8.93. The Kier molecular flexibility index (Phi) is 5.51. The summed E-state index contributed by atoms with van der Waals surface area (Å²) in [5, 5.41) is 17.5. The molecule has 1 unspecified atom stereocenters. The summed E-state index contributed by atoms with van der Waals surface area (Å²) in [7, 11) is 0. The molecule has 8 nitrogen and oxygen atoms in total. The molecule has 1 aliphatic heterocycles. The molecule has 1 aliphatic rings. The summed E-state index contributed by atoms with van der Waals surface area (Å²) in [5.41, 5.74) is -0.276. The summed E-state index contributed by atoms with van der Waals surface area (Å²) < 4.78 is 5.12. The maximum Gasteiger partial charge on any atom is 0.290 e. The minimum atomic E-state index is -1.03. The van der Waals surface area contributed by atoms with E-state index in [1.165, 1.54) is 0 Å². The van der Waals surface area contributed by atoms with Gasteiger partial charge in [0.2, 0.25) is 11.7 Å². The Morgan fingerprint density at radius 1 is 1.42 bits per heavy atom. The SMILES string of the molecule is CC(C)Cc1cc(C(=O)NCC2(O)CCCN(c3ncccn3)C2)on1. The van der Waals surface area contributed by atoms with Gasteiger partial charge in [0.1, 0.15) is 0 Å². The highest BCUT2D eigenvalue weighted by atomic mass is 16.5. The van der Waals surface area contributed by atoms with E-state index in [0.29, 0.717) is 24.8 Å². The lowest BCUT2D eigenvalue weighted by atomic mass is 9.93. The van der Waals surface area contributed by atoms with Gasteiger partial charge in [-0.3, -0.25) is 4.79 Å². The molecule has 8 heteroatoms. The Hall–Kier alpha value is -2.48. The van der Waals surface area contributed by atoms with Crippen LogP contribution in [0.5, 0.6) is 0 Å². The molecule has 0 aliphatic carbocycles. The van der Waals surface area contributed by atoms with Gasteiger partial charge in [-0.1, -0.05) is 19.0 Å². The summed E-state index contributed by atoms with van der Waals surface area (Å²) in [6.07, 6.45) is 5.51. The molecule has 2 aromatic heterocycles. The van der Waals surface area contributed by atoms with Crippen LogP contribution in [0.3, 0.4) is 0 Å². The molecule has 3 heterocycles. The highest BCUT2D eigenvalue weighted by molar-refractivity contribution is 5.91. The average Bonchev–Trinajstić information content (AvgIpc) is 3.08. The van der Waals surface area contributed by atoms with Crippen LogP contribution < -0.4 is 10.2 Å². The standard InChI is InChI=1S/C18H25N5O3/c1-13(2)9-14-10-15(26-22-14)16(24)21-11-18(25)5-3-8-23(12-18)17-19-6-4-7-20-17/h4,6-7,10,13,25H,3,5,8-9,11-12H2,1-2H3,(H,21,24). The largest absolute Gasteiger partial charge is 0.386 e. The van der Waals surface area contributed by atoms with E-state index in [-0.39, 0.29) is 18.2 Å². The van der Waals surface area contributed by atoms with Gasteiger partial charge in [0, 0.05) is 31.5 Å². The lowest BCUT2D eigenvalue weighted by Gasteiger charge is -2.39. The smallest absolute Gasteiger partial charge is 0.290 e. The van der Waals surface area contributed by atoms with Gasteiger partial charge in [0.15, 0.2) is 0 Å². The number of nitrogens with zero attached hydrogens (tertiary/aromatic N) is 4. The fraction of sp³-hybridized carbons (Fsp3) is 0.556. The number of aromatic nitrogens is 3. The van der Waals surface area contributed by atoms with E-state index >= 15 is 0 Å². The Morgan fingerprint density at radius 2 is 2.19 bits per heavy atom. The molecule has 1 fully saturated rings. The second-order valence-corrected chi connectivity index (χ2v) is 7.26. The fourth-order valence-corrected chi connectivity index (χ4v) is 3.15. The molecule has 0 bridgehead atoms. The molecular formula is C18H25N5O3. The molecule has 0 saturated carbocycles. The normalized spacial score (nSPS) is 20.4. The van der Waals surface area contributed by atoms with E-state index in [9.17, 15) is 9.90 Å². The molecule has 3 rings (SSSR count). The third-order valence-corrected chi connectivity index (χ3v) is 4.37. The number of nitrogens with one attached hydrogen (secondary N) is 1. The highest BCUT2D eigenvalue weighted by Crippen LogP contribution is 2.23. The number of carbonyl (C=O) groups is 1. The van der Waals surface area contributed by atoms with Gasteiger partial charge in [-0.25, -0.2) is 9.97 Å². The second kappa shape index (κ2) is 7.82. The molecule has 0 radical (unpaired) electrons. The van der Waals surface area contributed by atoms with E-state index in [1.807, 2.05) is 4.90 Å². The predicted octanol–water partition coefficient (Wildman–Crippen LogP) is 1.42. The quantitative estimate of drug-likeness (QED) is 0.804. The van der Waals surface area contributed by atoms with Crippen molar-refractivity contribution in [2.24, 2.45) is 5.92 Å². The van der Waals surface area contributed by atoms with E-state index in [0.717, 1.165) is 25.1 Å². The number of aliphatic hydroxyl groups is 1. The first-order chi connectivity index (χ1) is 12.5. The van der Waals surface area contributed by atoms with Crippen LogP contribution in [0.4, 0.5) is 5.95 Å². The number of hydrogen-bond acceptors (Lipinski definition) is 7. The van der Waals surface area contributed by atoms with Gasteiger partial charge >= 0.3 is 0 Å². The third-order valence-electron chi connectivity index (χ3n) is 4.37. The molecule has 0 aromatic carbocycles. The number of amides is 1. The zero-order valence-electron chi connectivity index (χ0n) is 15.2. The molecule has 2 N–H and O–H groups in total. The number of rotatable bonds is 6. The molecule has 1 saturated heterocycles. The number of anilines is 1. The van der Waals surface area contributed by atoms with Crippen molar-refractivity contribution in [3.8, 4) is 0 Å². The second-order valence-electron chi connectivity index (χ2n) is 7.26. The first kappa shape index (κ1) is 18.3. The van der Waals surface area contributed by atoms with Crippen LogP contribution >= 0.6 is 0 Å². The van der Waals surface area contributed by atoms with Gasteiger partial charge in [-0.05, 0) is 31.2 Å². The van der Waals surface area contributed by atoms with E-state index in [2.05, 4.69) is 34.3 Å². The highest BCUT2D eigenvalue weighted by Gasteiger charge is 2.35. The number of carbonyl (C=O) groups excluding carboxylic acids is 1. The summed E-state index contributed by atoms with van der Waals surface area (Å²) in [5.74, 6) is 0.827. The van der Waals surface area contributed by atoms with Crippen molar-refractivity contribution >= 4 is 11.9 Å². The monoisotopic (exact) mass is 359 g/mol. The minimum Gasteiger partial charge on any atom is -0.386 e. The van der Waals surface area contributed by atoms with Crippen LogP contribution in [0.2, 0.25) is 0 Å². The van der Waals surface area contributed by atoms with Crippen molar-refractivity contribution in [1.29, 1.82) is 0 Å². The molecule has 0 spiro atoms. The Morgan fingerprint density at radius 3 is 2.92 bits per heavy atom. The van der Waals surface area contributed by atoms with Gasteiger partial charge in [0.05, 0.1) is 17.8 Å². The zero-order valence-corrected chi connectivity index (χ0v) is 15.2. The third kappa shape index (κ3) is 4.57. The van der Waals surface area contributed by atoms with E-state index in [1.54, 1.807) is 24.5 Å². The fourth-order valence-electron chi connectivity index (χ4n) is 3.15. The van der Waals surface area contributed by atoms with Crippen molar-refractivity contribution in [3.05, 3.63) is 36.0 Å². The average molecular weight is 359 g/mol. The van der Waals surface area contributed by atoms with Crippen molar-refractivity contribution < 1.29 is 14.4 Å². The van der Waals surface area contributed by atoms with Crippen LogP contribution in [0.25, 0.3) is 0 Å². The maximum absolute atomic E-state index is 12.3. The van der Waals surface area contributed by atoms with Gasteiger partial charge in [-0.15, -0.1) is 0 Å². The van der Waals surface area contributed by atoms with Crippen LogP contribution in [0, 0.1) is 5.92 Å². The lowest BCUT2D eigenvalue weighted by molar-refractivity contribution is 0.0248. The van der Waals surface area contributed by atoms with E-state index in [4.69, 9.17) is 4.52 Å². The lowest BCUT2D eigenvalue weighted by Crippen LogP contribution is -2.54. The van der Waals surface area contributed by atoms with Crippen molar-refractivity contribution in [1.82, 2.24) is 20.4 Å². The summed E-state index contributed by atoms with van der Waals surface area (Å²) >= 11 is 0. The van der Waals surface area contributed by atoms with Crippen LogP contribution in [0.1, 0.15) is 42.9 Å². The Balaban J connectivity index is 1.57. The van der Waals surface area contributed by atoms with Gasteiger partial charge in [-0.2, -0.15) is 0 Å². The molecule has 26 heavy (non-hydrogen) atoms. The topological polar surface area (TPSA) is 104 Å². The van der Waals surface area contributed by atoms with Crippen LogP contribution in [0.15, 0.2) is 29.0 Å². The Labute approximate surface area is 152 Å².